The number of rotatable bonds is 1. The van der Waals surface area contributed by atoms with E-state index >= 15 is 0 Å². The molecule has 0 aromatic heterocycles. The Kier molecular flexibility index (Phi) is 2.63. The molecule has 0 radical (unpaired) electrons. The topological polar surface area (TPSA) is 17.1 Å². The van der Waals surface area contributed by atoms with Gasteiger partial charge in [-0.2, -0.15) is 13.2 Å². The molecule has 0 rings (SSSR count). The Labute approximate surface area is 56.5 Å². The summed E-state index contributed by atoms with van der Waals surface area (Å²) >= 11 is 0. The predicted octanol–water partition coefficient (Wildman–Crippen LogP) is 2.08. The SMILES string of the molecule is CC(C)=CC(=O)C(F)(F)F. The molecule has 0 aliphatic heterocycles. The first-order valence-electron chi connectivity index (χ1n) is 2.60. The summed E-state index contributed by atoms with van der Waals surface area (Å²) in [7, 11) is 0. The summed E-state index contributed by atoms with van der Waals surface area (Å²) in [6, 6.07) is 0. The van der Waals surface area contributed by atoms with Crippen molar-refractivity contribution in [3.8, 4) is 0 Å². The van der Waals surface area contributed by atoms with Crippen LogP contribution in [0, 0.1) is 0 Å². The Bertz CT molecular complexity index is 162. The van der Waals surface area contributed by atoms with Gasteiger partial charge < -0.3 is 0 Å². The fraction of sp³-hybridized carbons (Fsp3) is 0.500. The summed E-state index contributed by atoms with van der Waals surface area (Å²) in [5, 5.41) is 0. The summed E-state index contributed by atoms with van der Waals surface area (Å²) < 4.78 is 34.2. The maximum atomic E-state index is 11.4. The molecule has 0 atom stereocenters. The van der Waals surface area contributed by atoms with E-state index in [-0.39, 0.29) is 0 Å². The molecule has 0 saturated carbocycles. The second-order valence-electron chi connectivity index (χ2n) is 2.08. The highest BCUT2D eigenvalue weighted by atomic mass is 19.4. The summed E-state index contributed by atoms with van der Waals surface area (Å²) in [5.74, 6) is -1.80. The van der Waals surface area contributed by atoms with Crippen molar-refractivity contribution in [2.45, 2.75) is 20.0 Å². The first kappa shape index (κ1) is 9.20. The van der Waals surface area contributed by atoms with Crippen LogP contribution in [0.3, 0.4) is 0 Å². The van der Waals surface area contributed by atoms with E-state index in [2.05, 4.69) is 0 Å². The van der Waals surface area contributed by atoms with Gasteiger partial charge in [0.25, 0.3) is 5.78 Å². The molecule has 0 bridgehead atoms. The average Bonchev–Trinajstić information content (AvgIpc) is 1.60. The van der Waals surface area contributed by atoms with Crippen LogP contribution < -0.4 is 0 Å². The number of carbonyl (C=O) groups excluding carboxylic acids is 1. The van der Waals surface area contributed by atoms with Crippen LogP contribution in [0.25, 0.3) is 0 Å². The Hall–Kier alpha value is -0.800. The molecular weight excluding hydrogens is 145 g/mol. The van der Waals surface area contributed by atoms with Gasteiger partial charge in [0.05, 0.1) is 0 Å². The van der Waals surface area contributed by atoms with E-state index in [1.165, 1.54) is 13.8 Å². The molecule has 0 amide bonds. The smallest absolute Gasteiger partial charge is 0.285 e. The number of allylic oxidation sites excluding steroid dienone is 2. The van der Waals surface area contributed by atoms with Gasteiger partial charge in [0, 0.05) is 0 Å². The molecular formula is C6H7F3O. The summed E-state index contributed by atoms with van der Waals surface area (Å²) in [6.07, 6.45) is -4.16. The van der Waals surface area contributed by atoms with E-state index in [1.807, 2.05) is 0 Å². The van der Waals surface area contributed by atoms with E-state index in [9.17, 15) is 18.0 Å². The van der Waals surface area contributed by atoms with Crippen molar-refractivity contribution in [2.24, 2.45) is 0 Å². The highest BCUT2D eigenvalue weighted by Crippen LogP contribution is 2.16. The molecule has 0 heterocycles. The first-order chi connectivity index (χ1) is 4.34. The van der Waals surface area contributed by atoms with Crippen molar-refractivity contribution in [3.63, 3.8) is 0 Å². The predicted molar refractivity (Wildman–Crippen MR) is 30.5 cm³/mol. The lowest BCUT2D eigenvalue weighted by molar-refractivity contribution is -0.165. The molecule has 0 aromatic carbocycles. The second-order valence-corrected chi connectivity index (χ2v) is 2.08. The van der Waals surface area contributed by atoms with Gasteiger partial charge in [0.15, 0.2) is 0 Å². The molecule has 58 valence electrons. The third-order valence-corrected chi connectivity index (χ3v) is 0.699. The maximum absolute atomic E-state index is 11.4. The monoisotopic (exact) mass is 152 g/mol. The van der Waals surface area contributed by atoms with Gasteiger partial charge in [-0.1, -0.05) is 5.57 Å². The van der Waals surface area contributed by atoms with Crippen LogP contribution >= 0.6 is 0 Å². The van der Waals surface area contributed by atoms with Crippen molar-refractivity contribution in [3.05, 3.63) is 11.6 Å². The van der Waals surface area contributed by atoms with Crippen molar-refractivity contribution < 1.29 is 18.0 Å². The average molecular weight is 152 g/mol. The molecule has 0 spiro atoms. The van der Waals surface area contributed by atoms with Gasteiger partial charge in [-0.25, -0.2) is 0 Å². The fourth-order valence-corrected chi connectivity index (χ4v) is 0.344. The lowest BCUT2D eigenvalue weighted by atomic mass is 10.2. The Balaban J connectivity index is 4.27. The second kappa shape index (κ2) is 2.86. The van der Waals surface area contributed by atoms with Crippen molar-refractivity contribution in [2.75, 3.05) is 0 Å². The van der Waals surface area contributed by atoms with Crippen LogP contribution in [0.5, 0.6) is 0 Å². The van der Waals surface area contributed by atoms with Crippen LogP contribution in [0.4, 0.5) is 13.2 Å². The number of hydrogen-bond donors (Lipinski definition) is 0. The highest BCUT2D eigenvalue weighted by Gasteiger charge is 2.36. The molecule has 0 aliphatic carbocycles. The van der Waals surface area contributed by atoms with Crippen molar-refractivity contribution in [1.29, 1.82) is 0 Å². The first-order valence-corrected chi connectivity index (χ1v) is 2.60. The lowest BCUT2D eigenvalue weighted by Gasteiger charge is -1.99. The third-order valence-electron chi connectivity index (χ3n) is 0.699. The zero-order valence-electron chi connectivity index (χ0n) is 5.62. The largest absolute Gasteiger partial charge is 0.454 e. The molecule has 0 unspecified atom stereocenters. The van der Waals surface area contributed by atoms with Crippen LogP contribution in [0.15, 0.2) is 11.6 Å². The van der Waals surface area contributed by atoms with E-state index in [1.54, 1.807) is 0 Å². The van der Waals surface area contributed by atoms with Gasteiger partial charge in [0.2, 0.25) is 0 Å². The normalized spacial score (nSPS) is 10.9. The quantitative estimate of drug-likeness (QED) is 0.526. The van der Waals surface area contributed by atoms with E-state index < -0.39 is 12.0 Å². The van der Waals surface area contributed by atoms with Gasteiger partial charge in [0.1, 0.15) is 0 Å². The van der Waals surface area contributed by atoms with E-state index in [0.717, 1.165) is 0 Å². The summed E-state index contributed by atoms with van der Waals surface area (Å²) in [6.45, 7) is 2.87. The third kappa shape index (κ3) is 3.27. The minimum Gasteiger partial charge on any atom is -0.285 e. The molecule has 0 saturated heterocycles. The molecule has 4 heteroatoms. The molecule has 0 N–H and O–H groups in total. The number of halogens is 3. The molecule has 10 heavy (non-hydrogen) atoms. The van der Waals surface area contributed by atoms with Gasteiger partial charge in [-0.15, -0.1) is 0 Å². The van der Waals surface area contributed by atoms with Crippen LogP contribution in [0.2, 0.25) is 0 Å². The molecule has 0 aliphatic rings. The molecule has 0 fully saturated rings. The van der Waals surface area contributed by atoms with E-state index in [4.69, 9.17) is 0 Å². The van der Waals surface area contributed by atoms with Gasteiger partial charge in [-0.3, -0.25) is 4.79 Å². The Morgan fingerprint density at radius 1 is 1.30 bits per heavy atom. The van der Waals surface area contributed by atoms with Crippen LogP contribution in [-0.2, 0) is 4.79 Å². The number of alkyl halides is 3. The fourth-order valence-electron chi connectivity index (χ4n) is 0.344. The minimum atomic E-state index is -4.72. The van der Waals surface area contributed by atoms with Crippen LogP contribution in [-0.4, -0.2) is 12.0 Å². The van der Waals surface area contributed by atoms with Crippen molar-refractivity contribution in [1.82, 2.24) is 0 Å². The summed E-state index contributed by atoms with van der Waals surface area (Å²) in [5.41, 5.74) is 0.349. The molecule has 1 nitrogen and oxygen atoms in total. The van der Waals surface area contributed by atoms with Crippen molar-refractivity contribution >= 4 is 5.78 Å². The molecule has 0 aromatic rings. The zero-order chi connectivity index (χ0) is 8.36. The number of ketones is 1. The van der Waals surface area contributed by atoms with Gasteiger partial charge in [-0.05, 0) is 19.9 Å². The minimum absolute atomic E-state index is 0.349. The number of carbonyl (C=O) groups is 1. The van der Waals surface area contributed by atoms with Crippen LogP contribution in [0.1, 0.15) is 13.8 Å². The number of hydrogen-bond acceptors (Lipinski definition) is 1. The zero-order valence-corrected chi connectivity index (χ0v) is 5.62. The van der Waals surface area contributed by atoms with Gasteiger partial charge >= 0.3 is 6.18 Å². The standard InChI is InChI=1S/C6H7F3O/c1-4(2)3-5(10)6(7,8)9/h3H,1-2H3. The highest BCUT2D eigenvalue weighted by molar-refractivity contribution is 5.94. The Morgan fingerprint density at radius 2 is 1.70 bits per heavy atom. The maximum Gasteiger partial charge on any atom is 0.454 e. The Morgan fingerprint density at radius 3 is 1.80 bits per heavy atom. The van der Waals surface area contributed by atoms with E-state index in [0.29, 0.717) is 11.6 Å². The summed E-state index contributed by atoms with van der Waals surface area (Å²) in [4.78, 5) is 10.1. The lowest BCUT2D eigenvalue weighted by Crippen LogP contribution is -2.20.